The smallest absolute Gasteiger partial charge is 0.410 e. The lowest BCUT2D eigenvalue weighted by atomic mass is 9.90. The van der Waals surface area contributed by atoms with E-state index in [1.165, 1.54) is 0 Å². The molecule has 0 aromatic carbocycles. The van der Waals surface area contributed by atoms with Gasteiger partial charge in [0.2, 0.25) is 0 Å². The second-order valence-electron chi connectivity index (χ2n) is 4.24. The number of nitrogens with two attached hydrogens (primary N) is 1. The molecule has 0 radical (unpaired) electrons. The lowest BCUT2D eigenvalue weighted by molar-refractivity contribution is 0.0453. The number of rotatable bonds is 1. The molecule has 2 unspecified atom stereocenters. The Kier molecular flexibility index (Phi) is 2.91. The first-order chi connectivity index (χ1) is 6.77. The van der Waals surface area contributed by atoms with Crippen LogP contribution in [0.5, 0.6) is 0 Å². The van der Waals surface area contributed by atoms with Crippen LogP contribution in [0.2, 0.25) is 0 Å². The highest BCUT2D eigenvalue weighted by Crippen LogP contribution is 2.24. The third-order valence-corrected chi connectivity index (χ3v) is 3.13. The SMILES string of the molecule is NC1CCCC(N2CCCOC2=O)C1. The number of amides is 1. The van der Waals surface area contributed by atoms with Gasteiger partial charge in [-0.15, -0.1) is 0 Å². The fraction of sp³-hybridized carbons (Fsp3) is 0.900. The van der Waals surface area contributed by atoms with Gasteiger partial charge in [-0.2, -0.15) is 0 Å². The number of ether oxygens (including phenoxy) is 1. The first-order valence-electron chi connectivity index (χ1n) is 5.46. The van der Waals surface area contributed by atoms with Gasteiger partial charge < -0.3 is 15.4 Å². The quantitative estimate of drug-likeness (QED) is 0.686. The Morgan fingerprint density at radius 1 is 1.36 bits per heavy atom. The summed E-state index contributed by atoms with van der Waals surface area (Å²) >= 11 is 0. The molecule has 2 aliphatic rings. The van der Waals surface area contributed by atoms with Crippen LogP contribution in [0.25, 0.3) is 0 Å². The van der Waals surface area contributed by atoms with Gasteiger partial charge in [-0.25, -0.2) is 4.79 Å². The molecule has 14 heavy (non-hydrogen) atoms. The third kappa shape index (κ3) is 2.00. The van der Waals surface area contributed by atoms with E-state index in [0.29, 0.717) is 12.6 Å². The molecule has 2 rings (SSSR count). The van der Waals surface area contributed by atoms with Gasteiger partial charge in [0, 0.05) is 18.6 Å². The molecule has 1 saturated carbocycles. The van der Waals surface area contributed by atoms with Crippen molar-refractivity contribution in [2.24, 2.45) is 5.73 Å². The zero-order valence-electron chi connectivity index (χ0n) is 8.45. The lowest BCUT2D eigenvalue weighted by Gasteiger charge is -2.37. The first kappa shape index (κ1) is 9.77. The molecule has 0 bridgehead atoms. The molecule has 0 aromatic heterocycles. The fourth-order valence-electron chi connectivity index (χ4n) is 2.38. The first-order valence-corrected chi connectivity index (χ1v) is 5.46. The highest BCUT2D eigenvalue weighted by Gasteiger charge is 2.30. The maximum atomic E-state index is 11.5. The van der Waals surface area contributed by atoms with Gasteiger partial charge in [-0.1, -0.05) is 0 Å². The number of cyclic esters (lactones) is 1. The summed E-state index contributed by atoms with van der Waals surface area (Å²) in [6, 6.07) is 0.593. The summed E-state index contributed by atoms with van der Waals surface area (Å²) < 4.78 is 5.03. The summed E-state index contributed by atoms with van der Waals surface area (Å²) in [6.45, 7) is 1.42. The molecule has 1 heterocycles. The van der Waals surface area contributed by atoms with E-state index >= 15 is 0 Å². The van der Waals surface area contributed by atoms with Gasteiger partial charge in [0.25, 0.3) is 0 Å². The van der Waals surface area contributed by atoms with E-state index in [1.54, 1.807) is 0 Å². The average molecular weight is 198 g/mol. The Labute approximate surface area is 84.4 Å². The Bertz CT molecular complexity index is 220. The Hall–Kier alpha value is -0.770. The van der Waals surface area contributed by atoms with Crippen LogP contribution < -0.4 is 5.73 Å². The third-order valence-electron chi connectivity index (χ3n) is 3.13. The van der Waals surface area contributed by atoms with E-state index in [0.717, 1.165) is 38.6 Å². The van der Waals surface area contributed by atoms with Crippen molar-refractivity contribution < 1.29 is 9.53 Å². The Morgan fingerprint density at radius 3 is 2.93 bits per heavy atom. The number of carbonyl (C=O) groups is 1. The van der Waals surface area contributed by atoms with E-state index in [2.05, 4.69) is 0 Å². The normalized spacial score (nSPS) is 34.1. The van der Waals surface area contributed by atoms with Crippen molar-refractivity contribution in [2.75, 3.05) is 13.2 Å². The molecule has 0 spiro atoms. The maximum Gasteiger partial charge on any atom is 0.410 e. The summed E-state index contributed by atoms with van der Waals surface area (Å²) in [5.41, 5.74) is 5.90. The molecule has 0 aromatic rings. The van der Waals surface area contributed by atoms with Crippen molar-refractivity contribution in [1.29, 1.82) is 0 Å². The second kappa shape index (κ2) is 4.17. The standard InChI is InChI=1S/C10H18N2O2/c11-8-3-1-4-9(7-8)12-5-2-6-14-10(12)13/h8-9H,1-7,11H2. The van der Waals surface area contributed by atoms with Gasteiger partial charge in [-0.05, 0) is 32.1 Å². The van der Waals surface area contributed by atoms with E-state index < -0.39 is 0 Å². The second-order valence-corrected chi connectivity index (χ2v) is 4.24. The molecule has 1 amide bonds. The zero-order valence-corrected chi connectivity index (χ0v) is 8.45. The van der Waals surface area contributed by atoms with Crippen LogP contribution >= 0.6 is 0 Å². The van der Waals surface area contributed by atoms with Gasteiger partial charge in [0.1, 0.15) is 0 Å². The number of hydrogen-bond donors (Lipinski definition) is 1. The van der Waals surface area contributed by atoms with Crippen LogP contribution in [0.1, 0.15) is 32.1 Å². The molecule has 4 nitrogen and oxygen atoms in total. The van der Waals surface area contributed by atoms with E-state index in [1.807, 2.05) is 4.90 Å². The number of carbonyl (C=O) groups excluding carboxylic acids is 1. The lowest BCUT2D eigenvalue weighted by Crippen LogP contribution is -2.48. The molecule has 4 heteroatoms. The van der Waals surface area contributed by atoms with Gasteiger partial charge in [0.05, 0.1) is 6.61 Å². The van der Waals surface area contributed by atoms with E-state index in [4.69, 9.17) is 10.5 Å². The predicted octanol–water partition coefficient (Wildman–Crippen LogP) is 1.10. The van der Waals surface area contributed by atoms with Gasteiger partial charge >= 0.3 is 6.09 Å². The summed E-state index contributed by atoms with van der Waals surface area (Å²) in [5, 5.41) is 0. The largest absolute Gasteiger partial charge is 0.449 e. The van der Waals surface area contributed by atoms with Crippen molar-refractivity contribution in [3.8, 4) is 0 Å². The molecular weight excluding hydrogens is 180 g/mol. The van der Waals surface area contributed by atoms with E-state index in [-0.39, 0.29) is 12.1 Å². The predicted molar refractivity (Wildman–Crippen MR) is 52.9 cm³/mol. The summed E-state index contributed by atoms with van der Waals surface area (Å²) in [7, 11) is 0. The van der Waals surface area contributed by atoms with Crippen molar-refractivity contribution >= 4 is 6.09 Å². The van der Waals surface area contributed by atoms with Crippen LogP contribution in [0.15, 0.2) is 0 Å². The number of nitrogens with zero attached hydrogens (tertiary/aromatic N) is 1. The topological polar surface area (TPSA) is 55.6 Å². The van der Waals surface area contributed by atoms with Gasteiger partial charge in [0.15, 0.2) is 0 Å². The molecule has 1 aliphatic carbocycles. The van der Waals surface area contributed by atoms with Crippen LogP contribution in [0.4, 0.5) is 4.79 Å². The molecule has 2 N–H and O–H groups in total. The van der Waals surface area contributed by atoms with Crippen LogP contribution in [0.3, 0.4) is 0 Å². The van der Waals surface area contributed by atoms with Crippen LogP contribution in [0, 0.1) is 0 Å². The maximum absolute atomic E-state index is 11.5. The molecular formula is C10H18N2O2. The van der Waals surface area contributed by atoms with Gasteiger partial charge in [-0.3, -0.25) is 0 Å². The van der Waals surface area contributed by atoms with Crippen LogP contribution in [-0.2, 0) is 4.74 Å². The molecule has 2 fully saturated rings. The fourth-order valence-corrected chi connectivity index (χ4v) is 2.38. The molecule has 2 atom stereocenters. The van der Waals surface area contributed by atoms with Crippen molar-refractivity contribution in [2.45, 2.75) is 44.2 Å². The van der Waals surface area contributed by atoms with Crippen molar-refractivity contribution in [3.63, 3.8) is 0 Å². The van der Waals surface area contributed by atoms with E-state index in [9.17, 15) is 4.79 Å². The van der Waals surface area contributed by atoms with Crippen molar-refractivity contribution in [1.82, 2.24) is 4.90 Å². The van der Waals surface area contributed by atoms with Crippen molar-refractivity contribution in [3.05, 3.63) is 0 Å². The zero-order chi connectivity index (χ0) is 9.97. The molecule has 1 saturated heterocycles. The summed E-state index contributed by atoms with van der Waals surface area (Å²) in [6.07, 6.45) is 5.07. The highest BCUT2D eigenvalue weighted by atomic mass is 16.6. The average Bonchev–Trinajstić information content (AvgIpc) is 2.18. The minimum Gasteiger partial charge on any atom is -0.449 e. The Morgan fingerprint density at radius 2 is 2.21 bits per heavy atom. The summed E-state index contributed by atoms with van der Waals surface area (Å²) in [5.74, 6) is 0. The molecule has 1 aliphatic heterocycles. The Balaban J connectivity index is 1.94. The minimum absolute atomic E-state index is 0.143. The summed E-state index contributed by atoms with van der Waals surface area (Å²) in [4.78, 5) is 13.3. The monoisotopic (exact) mass is 198 g/mol. The minimum atomic E-state index is -0.143. The number of hydrogen-bond acceptors (Lipinski definition) is 3. The highest BCUT2D eigenvalue weighted by molar-refractivity contribution is 5.68. The van der Waals surface area contributed by atoms with Crippen LogP contribution in [-0.4, -0.2) is 36.2 Å². The molecule has 80 valence electrons.